The van der Waals surface area contributed by atoms with Gasteiger partial charge < -0.3 is 4.74 Å². The van der Waals surface area contributed by atoms with Crippen molar-refractivity contribution in [3.8, 4) is 0 Å². The summed E-state index contributed by atoms with van der Waals surface area (Å²) in [5, 5.41) is -0.351. The lowest BCUT2D eigenvalue weighted by Crippen LogP contribution is -2.19. The van der Waals surface area contributed by atoms with Gasteiger partial charge in [0.15, 0.2) is 0 Å². The Labute approximate surface area is 57.0 Å². The van der Waals surface area contributed by atoms with E-state index < -0.39 is 0 Å². The highest BCUT2D eigenvalue weighted by Crippen LogP contribution is 2.19. The van der Waals surface area contributed by atoms with Crippen LogP contribution in [0.4, 0.5) is 0 Å². The van der Waals surface area contributed by atoms with Crippen LogP contribution in [-0.2, 0) is 9.53 Å². The summed E-state index contributed by atoms with van der Waals surface area (Å²) in [6.07, 6.45) is 0. The summed E-state index contributed by atoms with van der Waals surface area (Å²) in [5.41, 5.74) is 0. The Morgan fingerprint density at radius 1 is 1.67 bits per heavy atom. The van der Waals surface area contributed by atoms with Crippen LogP contribution in [0.25, 0.3) is 0 Å². The van der Waals surface area contributed by atoms with Crippen molar-refractivity contribution in [3.05, 3.63) is 0 Å². The predicted molar refractivity (Wildman–Crippen MR) is 39.2 cm³/mol. The SMILES string of the molecule is BC(C)(C)C(=O)OCC. The molecule has 0 atom stereocenters. The van der Waals surface area contributed by atoms with Crippen LogP contribution in [0, 0.1) is 0 Å². The molecule has 0 bridgehead atoms. The number of rotatable bonds is 2. The molecule has 0 aromatic rings. The Bertz CT molecular complexity index is 104. The van der Waals surface area contributed by atoms with Crippen LogP contribution in [0.2, 0.25) is 5.31 Å². The minimum atomic E-state index is -0.351. The van der Waals surface area contributed by atoms with E-state index in [1.165, 1.54) is 0 Å². The molecule has 0 amide bonds. The Hall–Kier alpha value is -0.465. The summed E-state index contributed by atoms with van der Waals surface area (Å²) in [5.74, 6) is -0.134. The molecular weight excluding hydrogens is 115 g/mol. The topological polar surface area (TPSA) is 26.3 Å². The summed E-state index contributed by atoms with van der Waals surface area (Å²) < 4.78 is 4.77. The van der Waals surface area contributed by atoms with E-state index in [0.717, 1.165) is 0 Å². The fraction of sp³-hybridized carbons (Fsp3) is 0.833. The fourth-order valence-corrected chi connectivity index (χ4v) is 0.348. The highest BCUT2D eigenvalue weighted by atomic mass is 16.5. The first kappa shape index (κ1) is 8.53. The third-order valence-electron chi connectivity index (χ3n) is 0.888. The Kier molecular flexibility index (Phi) is 2.75. The van der Waals surface area contributed by atoms with E-state index in [-0.39, 0.29) is 11.3 Å². The standard InChI is InChI=1S/C6H13BO2/c1-4-9-5(8)6(2,3)7/h4,7H2,1-3H3. The van der Waals surface area contributed by atoms with E-state index in [0.29, 0.717) is 6.61 Å². The van der Waals surface area contributed by atoms with Crippen LogP contribution in [-0.4, -0.2) is 20.4 Å². The first-order chi connectivity index (χ1) is 3.98. The molecule has 0 N–H and O–H groups in total. The lowest BCUT2D eigenvalue weighted by Gasteiger charge is -2.14. The molecule has 0 radical (unpaired) electrons. The zero-order valence-corrected chi connectivity index (χ0v) is 6.52. The van der Waals surface area contributed by atoms with Crippen LogP contribution in [0.15, 0.2) is 0 Å². The van der Waals surface area contributed by atoms with Gasteiger partial charge in [-0.3, -0.25) is 4.79 Å². The van der Waals surface area contributed by atoms with Crippen molar-refractivity contribution >= 4 is 13.8 Å². The third kappa shape index (κ3) is 3.17. The van der Waals surface area contributed by atoms with Gasteiger partial charge in [-0.2, -0.15) is 0 Å². The molecule has 0 aliphatic rings. The number of carbonyl (C=O) groups is 1. The van der Waals surface area contributed by atoms with E-state index >= 15 is 0 Å². The number of hydrogen-bond acceptors (Lipinski definition) is 2. The molecule has 9 heavy (non-hydrogen) atoms. The maximum Gasteiger partial charge on any atom is 0.303 e. The maximum atomic E-state index is 10.8. The van der Waals surface area contributed by atoms with Gasteiger partial charge >= 0.3 is 5.97 Å². The molecule has 0 heterocycles. The molecular formula is C6H13BO2. The minimum absolute atomic E-state index is 0.134. The molecule has 0 saturated heterocycles. The zero-order chi connectivity index (χ0) is 7.49. The predicted octanol–water partition coefficient (Wildman–Crippen LogP) is 0.381. The summed E-state index contributed by atoms with van der Waals surface area (Å²) >= 11 is 0. The monoisotopic (exact) mass is 128 g/mol. The van der Waals surface area contributed by atoms with Crippen LogP contribution < -0.4 is 0 Å². The summed E-state index contributed by atoms with van der Waals surface area (Å²) in [4.78, 5) is 10.8. The zero-order valence-electron chi connectivity index (χ0n) is 6.52. The highest BCUT2D eigenvalue weighted by Gasteiger charge is 2.21. The van der Waals surface area contributed by atoms with Gasteiger partial charge in [0, 0.05) is 5.31 Å². The molecule has 0 unspecified atom stereocenters. The summed E-state index contributed by atoms with van der Waals surface area (Å²) in [6, 6.07) is 0. The van der Waals surface area contributed by atoms with Crippen molar-refractivity contribution < 1.29 is 9.53 Å². The van der Waals surface area contributed by atoms with E-state index in [2.05, 4.69) is 0 Å². The van der Waals surface area contributed by atoms with Crippen molar-refractivity contribution in [3.63, 3.8) is 0 Å². The molecule has 52 valence electrons. The molecule has 0 aliphatic carbocycles. The minimum Gasteiger partial charge on any atom is -0.466 e. The second-order valence-electron chi connectivity index (χ2n) is 2.97. The lowest BCUT2D eigenvalue weighted by atomic mass is 9.73. The number of hydrogen-bond donors (Lipinski definition) is 0. The number of esters is 1. The molecule has 2 nitrogen and oxygen atoms in total. The molecule has 0 spiro atoms. The van der Waals surface area contributed by atoms with Gasteiger partial charge in [0.1, 0.15) is 7.85 Å². The lowest BCUT2D eigenvalue weighted by molar-refractivity contribution is -0.145. The van der Waals surface area contributed by atoms with E-state index in [9.17, 15) is 4.79 Å². The molecule has 0 aliphatic heterocycles. The van der Waals surface area contributed by atoms with Crippen molar-refractivity contribution in [2.24, 2.45) is 0 Å². The molecule has 0 aromatic carbocycles. The third-order valence-corrected chi connectivity index (χ3v) is 0.888. The van der Waals surface area contributed by atoms with Gasteiger partial charge in [0.05, 0.1) is 6.61 Å². The van der Waals surface area contributed by atoms with Crippen molar-refractivity contribution in [2.45, 2.75) is 26.1 Å². The van der Waals surface area contributed by atoms with E-state index in [1.807, 2.05) is 28.6 Å². The largest absolute Gasteiger partial charge is 0.466 e. The fourth-order valence-electron chi connectivity index (χ4n) is 0.348. The Balaban J connectivity index is 3.74. The molecule has 0 aromatic heterocycles. The van der Waals surface area contributed by atoms with Crippen molar-refractivity contribution in [2.75, 3.05) is 6.61 Å². The number of carbonyl (C=O) groups excluding carboxylic acids is 1. The van der Waals surface area contributed by atoms with Gasteiger partial charge in [-0.25, -0.2) is 0 Å². The smallest absolute Gasteiger partial charge is 0.303 e. The van der Waals surface area contributed by atoms with Crippen LogP contribution in [0.5, 0.6) is 0 Å². The second-order valence-corrected chi connectivity index (χ2v) is 2.97. The van der Waals surface area contributed by atoms with Crippen LogP contribution >= 0.6 is 0 Å². The molecule has 0 saturated carbocycles. The van der Waals surface area contributed by atoms with Crippen LogP contribution in [0.3, 0.4) is 0 Å². The molecule has 3 heteroatoms. The number of ether oxygens (including phenoxy) is 1. The normalized spacial score (nSPS) is 11.0. The van der Waals surface area contributed by atoms with Crippen LogP contribution in [0.1, 0.15) is 20.8 Å². The first-order valence-corrected chi connectivity index (χ1v) is 3.15. The van der Waals surface area contributed by atoms with Crippen molar-refractivity contribution in [1.82, 2.24) is 0 Å². The molecule has 0 fully saturated rings. The maximum absolute atomic E-state index is 10.8. The van der Waals surface area contributed by atoms with E-state index in [1.54, 1.807) is 0 Å². The first-order valence-electron chi connectivity index (χ1n) is 3.15. The quantitative estimate of drug-likeness (QED) is 0.397. The Morgan fingerprint density at radius 3 is 2.22 bits per heavy atom. The highest BCUT2D eigenvalue weighted by molar-refractivity contribution is 6.26. The Morgan fingerprint density at radius 2 is 2.11 bits per heavy atom. The van der Waals surface area contributed by atoms with Gasteiger partial charge in [0.25, 0.3) is 0 Å². The van der Waals surface area contributed by atoms with Gasteiger partial charge in [-0.05, 0) is 6.92 Å². The van der Waals surface area contributed by atoms with Gasteiger partial charge in [-0.1, -0.05) is 13.8 Å². The second kappa shape index (κ2) is 2.90. The van der Waals surface area contributed by atoms with E-state index in [4.69, 9.17) is 4.74 Å². The van der Waals surface area contributed by atoms with Gasteiger partial charge in [0.2, 0.25) is 0 Å². The summed E-state index contributed by atoms with van der Waals surface area (Å²) in [6.45, 7) is 5.95. The molecule has 0 rings (SSSR count). The average molecular weight is 128 g/mol. The van der Waals surface area contributed by atoms with Gasteiger partial charge in [-0.15, -0.1) is 0 Å². The van der Waals surface area contributed by atoms with Crippen molar-refractivity contribution in [1.29, 1.82) is 0 Å². The average Bonchev–Trinajstić information content (AvgIpc) is 1.64. The summed E-state index contributed by atoms with van der Waals surface area (Å²) in [7, 11) is 1.84.